The Labute approximate surface area is 155 Å². The highest BCUT2D eigenvalue weighted by molar-refractivity contribution is 7.89. The van der Waals surface area contributed by atoms with Crippen molar-refractivity contribution in [2.75, 3.05) is 27.7 Å². The molecule has 2 aromatic rings. The molecule has 0 fully saturated rings. The summed E-state index contributed by atoms with van der Waals surface area (Å²) in [6, 6.07) is 15.3. The summed E-state index contributed by atoms with van der Waals surface area (Å²) >= 11 is 0. The maximum absolute atomic E-state index is 12.6. The van der Waals surface area contributed by atoms with Crippen molar-refractivity contribution in [1.29, 1.82) is 0 Å². The summed E-state index contributed by atoms with van der Waals surface area (Å²) < 4.78 is 31.3. The van der Waals surface area contributed by atoms with Gasteiger partial charge in [-0.05, 0) is 36.8 Å². The highest BCUT2D eigenvalue weighted by atomic mass is 32.2. The van der Waals surface area contributed by atoms with Crippen molar-refractivity contribution in [3.63, 3.8) is 0 Å². The van der Waals surface area contributed by atoms with Crippen LogP contribution in [0.3, 0.4) is 0 Å². The SMILES string of the molecule is COc1ccc(C(C)N(C)C(=O)CN(C)S(=O)(=O)c2ccccc2)cc1. The van der Waals surface area contributed by atoms with Crippen molar-refractivity contribution in [2.24, 2.45) is 0 Å². The molecule has 0 aliphatic rings. The van der Waals surface area contributed by atoms with Gasteiger partial charge >= 0.3 is 0 Å². The number of sulfonamides is 1. The molecule has 0 spiro atoms. The van der Waals surface area contributed by atoms with Crippen LogP contribution >= 0.6 is 0 Å². The third-order valence-corrected chi connectivity index (χ3v) is 6.20. The van der Waals surface area contributed by atoms with Gasteiger partial charge in [-0.3, -0.25) is 4.79 Å². The predicted octanol–water partition coefficient (Wildman–Crippen LogP) is 2.54. The van der Waals surface area contributed by atoms with Gasteiger partial charge in [-0.25, -0.2) is 8.42 Å². The van der Waals surface area contributed by atoms with Crippen LogP contribution in [0.15, 0.2) is 59.5 Å². The van der Waals surface area contributed by atoms with Gasteiger partial charge in [-0.1, -0.05) is 30.3 Å². The molecule has 1 atom stereocenters. The second-order valence-corrected chi connectivity index (χ2v) is 8.07. The predicted molar refractivity (Wildman–Crippen MR) is 100 cm³/mol. The summed E-state index contributed by atoms with van der Waals surface area (Å²) in [5.41, 5.74) is 0.940. The van der Waals surface area contributed by atoms with Gasteiger partial charge in [-0.2, -0.15) is 4.31 Å². The number of carbonyl (C=O) groups is 1. The van der Waals surface area contributed by atoms with Gasteiger partial charge in [0.05, 0.1) is 24.6 Å². The average molecular weight is 376 g/mol. The molecule has 2 rings (SSSR count). The zero-order valence-corrected chi connectivity index (χ0v) is 16.2. The number of benzene rings is 2. The Balaban J connectivity index is 2.07. The Morgan fingerprint density at radius 3 is 2.15 bits per heavy atom. The maximum Gasteiger partial charge on any atom is 0.243 e. The van der Waals surface area contributed by atoms with Crippen LogP contribution in [-0.2, 0) is 14.8 Å². The zero-order valence-electron chi connectivity index (χ0n) is 15.4. The lowest BCUT2D eigenvalue weighted by Gasteiger charge is -2.27. The first kappa shape index (κ1) is 19.9. The molecule has 0 bridgehead atoms. The lowest BCUT2D eigenvalue weighted by molar-refractivity contribution is -0.131. The second-order valence-electron chi connectivity index (χ2n) is 6.03. The maximum atomic E-state index is 12.6. The topological polar surface area (TPSA) is 66.9 Å². The van der Waals surface area contributed by atoms with E-state index in [-0.39, 0.29) is 23.4 Å². The third-order valence-electron chi connectivity index (χ3n) is 4.38. The minimum Gasteiger partial charge on any atom is -0.497 e. The molecule has 0 aliphatic heterocycles. The summed E-state index contributed by atoms with van der Waals surface area (Å²) in [7, 11) is 0.972. The fourth-order valence-electron chi connectivity index (χ4n) is 2.48. The molecule has 2 aromatic carbocycles. The van der Waals surface area contributed by atoms with Crippen molar-refractivity contribution >= 4 is 15.9 Å². The lowest BCUT2D eigenvalue weighted by Crippen LogP contribution is -2.40. The molecule has 1 amide bonds. The molecule has 0 aliphatic carbocycles. The first-order valence-corrected chi connectivity index (χ1v) is 9.62. The van der Waals surface area contributed by atoms with Crippen LogP contribution in [0.25, 0.3) is 0 Å². The average Bonchev–Trinajstić information content (AvgIpc) is 2.67. The van der Waals surface area contributed by atoms with Gasteiger partial charge in [-0.15, -0.1) is 0 Å². The molecule has 0 heterocycles. The zero-order chi connectivity index (χ0) is 19.3. The lowest BCUT2D eigenvalue weighted by atomic mass is 10.1. The quantitative estimate of drug-likeness (QED) is 0.745. The molecule has 140 valence electrons. The van der Waals surface area contributed by atoms with Gasteiger partial charge in [0.2, 0.25) is 15.9 Å². The number of rotatable bonds is 7. The number of ether oxygens (including phenoxy) is 1. The largest absolute Gasteiger partial charge is 0.497 e. The fourth-order valence-corrected chi connectivity index (χ4v) is 3.62. The van der Waals surface area contributed by atoms with Crippen molar-refractivity contribution in [1.82, 2.24) is 9.21 Å². The Bertz CT molecular complexity index is 836. The van der Waals surface area contributed by atoms with Crippen LogP contribution in [0.2, 0.25) is 0 Å². The summed E-state index contributed by atoms with van der Waals surface area (Å²) in [6.45, 7) is 1.67. The number of methoxy groups -OCH3 is 1. The number of hydrogen-bond acceptors (Lipinski definition) is 4. The highest BCUT2D eigenvalue weighted by Crippen LogP contribution is 2.22. The third kappa shape index (κ3) is 4.42. The Morgan fingerprint density at radius 1 is 1.04 bits per heavy atom. The van der Waals surface area contributed by atoms with E-state index in [1.54, 1.807) is 37.3 Å². The van der Waals surface area contributed by atoms with Crippen molar-refractivity contribution in [2.45, 2.75) is 17.9 Å². The molecular weight excluding hydrogens is 352 g/mol. The van der Waals surface area contributed by atoms with E-state index in [0.29, 0.717) is 0 Å². The number of carbonyl (C=O) groups excluding carboxylic acids is 1. The van der Waals surface area contributed by atoms with E-state index in [4.69, 9.17) is 4.74 Å². The van der Waals surface area contributed by atoms with E-state index in [1.165, 1.54) is 19.2 Å². The van der Waals surface area contributed by atoms with Gasteiger partial charge in [0, 0.05) is 14.1 Å². The Morgan fingerprint density at radius 2 is 1.62 bits per heavy atom. The molecule has 0 saturated heterocycles. The number of nitrogens with zero attached hydrogens (tertiary/aromatic N) is 2. The molecular formula is C19H24N2O4S. The Kier molecular flexibility index (Phi) is 6.39. The van der Waals surface area contributed by atoms with Crippen LogP contribution < -0.4 is 4.74 Å². The fraction of sp³-hybridized carbons (Fsp3) is 0.316. The standard InChI is InChI=1S/C19H24N2O4S/c1-15(16-10-12-17(25-4)13-11-16)21(3)19(22)14-20(2)26(23,24)18-8-6-5-7-9-18/h5-13,15H,14H2,1-4H3. The number of amides is 1. The summed E-state index contributed by atoms with van der Waals surface area (Å²) in [5, 5.41) is 0. The first-order chi connectivity index (χ1) is 12.3. The van der Waals surface area contributed by atoms with Crippen LogP contribution in [-0.4, -0.2) is 51.3 Å². The van der Waals surface area contributed by atoms with E-state index in [1.807, 2.05) is 31.2 Å². The second kappa shape index (κ2) is 8.33. The van der Waals surface area contributed by atoms with E-state index < -0.39 is 10.0 Å². The van der Waals surface area contributed by atoms with Crippen LogP contribution in [0, 0.1) is 0 Å². The summed E-state index contributed by atoms with van der Waals surface area (Å²) in [6.07, 6.45) is 0. The molecule has 0 radical (unpaired) electrons. The van der Waals surface area contributed by atoms with Crippen molar-refractivity contribution in [3.8, 4) is 5.75 Å². The van der Waals surface area contributed by atoms with Crippen LogP contribution in [0.4, 0.5) is 0 Å². The van der Waals surface area contributed by atoms with Crippen LogP contribution in [0.1, 0.15) is 18.5 Å². The molecule has 0 N–H and O–H groups in total. The molecule has 6 nitrogen and oxygen atoms in total. The van der Waals surface area contributed by atoms with Crippen molar-refractivity contribution in [3.05, 3.63) is 60.2 Å². The molecule has 0 saturated carbocycles. The van der Waals surface area contributed by atoms with E-state index >= 15 is 0 Å². The van der Waals surface area contributed by atoms with Gasteiger partial charge in [0.15, 0.2) is 0 Å². The van der Waals surface area contributed by atoms with E-state index in [0.717, 1.165) is 15.6 Å². The van der Waals surface area contributed by atoms with E-state index in [2.05, 4.69) is 0 Å². The number of likely N-dealkylation sites (N-methyl/N-ethyl adjacent to an activating group) is 2. The van der Waals surface area contributed by atoms with Crippen LogP contribution in [0.5, 0.6) is 5.75 Å². The Hall–Kier alpha value is -2.38. The normalized spacial score (nSPS) is 12.7. The molecule has 1 unspecified atom stereocenters. The van der Waals surface area contributed by atoms with E-state index in [9.17, 15) is 13.2 Å². The summed E-state index contributed by atoms with van der Waals surface area (Å²) in [4.78, 5) is 14.3. The van der Waals surface area contributed by atoms with Gasteiger partial charge < -0.3 is 9.64 Å². The molecule has 26 heavy (non-hydrogen) atoms. The minimum atomic E-state index is -3.70. The molecule has 7 heteroatoms. The van der Waals surface area contributed by atoms with Gasteiger partial charge in [0.25, 0.3) is 0 Å². The summed E-state index contributed by atoms with van der Waals surface area (Å²) in [5.74, 6) is 0.457. The first-order valence-electron chi connectivity index (χ1n) is 8.18. The number of hydrogen-bond donors (Lipinski definition) is 0. The monoisotopic (exact) mass is 376 g/mol. The minimum absolute atomic E-state index is 0.168. The molecule has 0 aromatic heterocycles. The van der Waals surface area contributed by atoms with Crippen molar-refractivity contribution < 1.29 is 17.9 Å². The van der Waals surface area contributed by atoms with Gasteiger partial charge in [0.1, 0.15) is 5.75 Å². The smallest absolute Gasteiger partial charge is 0.243 e. The highest BCUT2D eigenvalue weighted by Gasteiger charge is 2.25.